The molecule has 0 aliphatic carbocycles. The van der Waals surface area contributed by atoms with Crippen molar-refractivity contribution in [3.8, 4) is 11.6 Å². The van der Waals surface area contributed by atoms with Gasteiger partial charge in [0.2, 0.25) is 0 Å². The van der Waals surface area contributed by atoms with Gasteiger partial charge < -0.3 is 14.6 Å². The lowest BCUT2D eigenvalue weighted by molar-refractivity contribution is -0.142. The normalized spacial score (nSPS) is 11.1. The fraction of sp³-hybridized carbons (Fsp3) is 0.360. The molecule has 3 heterocycles. The van der Waals surface area contributed by atoms with E-state index in [1.807, 2.05) is 29.2 Å². The van der Waals surface area contributed by atoms with Crippen LogP contribution in [0.5, 0.6) is 0 Å². The van der Waals surface area contributed by atoms with Crippen molar-refractivity contribution in [3.05, 3.63) is 60.8 Å². The number of nitrogens with one attached hydrogen (secondary N) is 1. The van der Waals surface area contributed by atoms with E-state index in [-0.39, 0.29) is 12.4 Å². The van der Waals surface area contributed by atoms with Crippen LogP contribution in [0.4, 0.5) is 5.69 Å². The van der Waals surface area contributed by atoms with Crippen LogP contribution in [0.3, 0.4) is 0 Å². The number of esters is 1. The maximum absolute atomic E-state index is 11.8. The molecular weight excluding hydrogens is 416 g/mol. The molecule has 0 amide bonds. The van der Waals surface area contributed by atoms with Crippen LogP contribution in [-0.2, 0) is 16.0 Å². The first-order chi connectivity index (χ1) is 16.2. The fourth-order valence-corrected chi connectivity index (χ4v) is 3.73. The summed E-state index contributed by atoms with van der Waals surface area (Å²) in [7, 11) is 0. The summed E-state index contributed by atoms with van der Waals surface area (Å²) in [5.41, 5.74) is 2.90. The number of carbonyl (C=O) groups excluding carboxylic acids is 1. The Labute approximate surface area is 193 Å². The predicted molar refractivity (Wildman–Crippen MR) is 129 cm³/mol. The third kappa shape index (κ3) is 5.58. The SMILES string of the molecule is CCCCCCNc1ccc2cnn(-c3cncc(-n4ccc(CC(=O)OCC)c4)n3)c2c1. The molecule has 0 unspecified atom stereocenters. The van der Waals surface area contributed by atoms with Crippen LogP contribution in [0.1, 0.15) is 45.1 Å². The number of nitrogens with zero attached hydrogens (tertiary/aromatic N) is 5. The molecule has 33 heavy (non-hydrogen) atoms. The summed E-state index contributed by atoms with van der Waals surface area (Å²) in [5.74, 6) is 1.03. The zero-order valence-electron chi connectivity index (χ0n) is 19.2. The van der Waals surface area contributed by atoms with E-state index in [4.69, 9.17) is 9.72 Å². The van der Waals surface area contributed by atoms with Crippen LogP contribution in [0.15, 0.2) is 55.2 Å². The second-order valence-electron chi connectivity index (χ2n) is 7.96. The third-order valence-corrected chi connectivity index (χ3v) is 5.43. The van der Waals surface area contributed by atoms with Gasteiger partial charge in [-0.05, 0) is 43.2 Å². The summed E-state index contributed by atoms with van der Waals surface area (Å²) < 4.78 is 8.68. The molecule has 0 aliphatic heterocycles. The van der Waals surface area contributed by atoms with Crippen molar-refractivity contribution in [1.82, 2.24) is 24.3 Å². The molecule has 0 aliphatic rings. The van der Waals surface area contributed by atoms with Crippen molar-refractivity contribution in [3.63, 3.8) is 0 Å². The van der Waals surface area contributed by atoms with Crippen molar-refractivity contribution in [1.29, 1.82) is 0 Å². The van der Waals surface area contributed by atoms with Crippen molar-refractivity contribution in [2.24, 2.45) is 0 Å². The van der Waals surface area contributed by atoms with Gasteiger partial charge in [-0.2, -0.15) is 5.10 Å². The standard InChI is InChI=1S/C25H30N6O2/c1-3-5-6-7-11-27-21-9-8-20-15-28-31(22(20)14-21)24-17-26-16-23(29-24)30-12-10-19(18-30)13-25(32)33-4-2/h8-10,12,14-18,27H,3-7,11,13H2,1-2H3. The lowest BCUT2D eigenvalue weighted by atomic mass is 10.2. The summed E-state index contributed by atoms with van der Waals surface area (Å²) in [5, 5.41) is 9.09. The van der Waals surface area contributed by atoms with Crippen LogP contribution in [0, 0.1) is 0 Å². The van der Waals surface area contributed by atoms with Gasteiger partial charge in [0, 0.05) is 30.0 Å². The highest BCUT2D eigenvalue weighted by Crippen LogP contribution is 2.22. The topological polar surface area (TPSA) is 86.9 Å². The minimum Gasteiger partial charge on any atom is -0.466 e. The highest BCUT2D eigenvalue weighted by atomic mass is 16.5. The minimum absolute atomic E-state index is 0.228. The summed E-state index contributed by atoms with van der Waals surface area (Å²) in [6.45, 7) is 5.35. The highest BCUT2D eigenvalue weighted by Gasteiger charge is 2.11. The molecule has 172 valence electrons. The Bertz CT molecular complexity index is 1210. The first-order valence-corrected chi connectivity index (χ1v) is 11.5. The van der Waals surface area contributed by atoms with Gasteiger partial charge in [-0.25, -0.2) is 9.67 Å². The molecule has 1 N–H and O–H groups in total. The van der Waals surface area contributed by atoms with E-state index in [1.165, 1.54) is 19.3 Å². The number of anilines is 1. The minimum atomic E-state index is -0.243. The van der Waals surface area contributed by atoms with E-state index >= 15 is 0 Å². The lowest BCUT2D eigenvalue weighted by Crippen LogP contribution is -2.07. The van der Waals surface area contributed by atoms with Gasteiger partial charge in [-0.1, -0.05) is 26.2 Å². The van der Waals surface area contributed by atoms with Gasteiger partial charge in [0.15, 0.2) is 11.6 Å². The van der Waals surface area contributed by atoms with Gasteiger partial charge in [-0.15, -0.1) is 0 Å². The molecule has 0 spiro atoms. The fourth-order valence-electron chi connectivity index (χ4n) is 3.73. The van der Waals surface area contributed by atoms with Gasteiger partial charge in [0.25, 0.3) is 0 Å². The number of aromatic nitrogens is 5. The first kappa shape index (κ1) is 22.5. The molecule has 0 bridgehead atoms. The number of ether oxygens (including phenoxy) is 1. The van der Waals surface area contributed by atoms with Crippen LogP contribution < -0.4 is 5.32 Å². The number of fused-ring (bicyclic) bond motifs is 1. The van der Waals surface area contributed by atoms with E-state index in [1.54, 1.807) is 24.0 Å². The van der Waals surface area contributed by atoms with E-state index in [2.05, 4.69) is 40.5 Å². The van der Waals surface area contributed by atoms with Crippen molar-refractivity contribution in [2.75, 3.05) is 18.5 Å². The van der Waals surface area contributed by atoms with E-state index in [0.717, 1.165) is 35.1 Å². The van der Waals surface area contributed by atoms with Crippen LogP contribution in [0.2, 0.25) is 0 Å². The van der Waals surface area contributed by atoms with Crippen LogP contribution >= 0.6 is 0 Å². The quantitative estimate of drug-likeness (QED) is 0.265. The number of hydrogen-bond donors (Lipinski definition) is 1. The zero-order valence-corrected chi connectivity index (χ0v) is 19.2. The molecule has 3 aromatic heterocycles. The van der Waals surface area contributed by atoms with Gasteiger partial charge in [0.05, 0.1) is 37.1 Å². The monoisotopic (exact) mass is 446 g/mol. The molecular formula is C25H30N6O2. The van der Waals surface area contributed by atoms with Gasteiger partial charge in [-0.3, -0.25) is 9.78 Å². The molecule has 1 aromatic carbocycles. The summed E-state index contributed by atoms with van der Waals surface area (Å²) >= 11 is 0. The summed E-state index contributed by atoms with van der Waals surface area (Å²) in [6.07, 6.45) is 14.1. The Morgan fingerprint density at radius 2 is 1.94 bits per heavy atom. The van der Waals surface area contributed by atoms with Crippen molar-refractivity contribution < 1.29 is 9.53 Å². The molecule has 4 rings (SSSR count). The Morgan fingerprint density at radius 1 is 1.06 bits per heavy atom. The Hall–Kier alpha value is -3.68. The average Bonchev–Trinajstić information content (AvgIpc) is 3.46. The third-order valence-electron chi connectivity index (χ3n) is 5.43. The molecule has 0 saturated carbocycles. The summed E-state index contributed by atoms with van der Waals surface area (Å²) in [6, 6.07) is 8.13. The second kappa shape index (κ2) is 10.8. The van der Waals surface area contributed by atoms with Crippen LogP contribution in [-0.4, -0.2) is 43.4 Å². The molecule has 4 aromatic rings. The smallest absolute Gasteiger partial charge is 0.310 e. The average molecular weight is 447 g/mol. The van der Waals surface area contributed by atoms with Gasteiger partial charge in [0.1, 0.15) is 0 Å². The highest BCUT2D eigenvalue weighted by molar-refractivity contribution is 5.83. The summed E-state index contributed by atoms with van der Waals surface area (Å²) in [4.78, 5) is 20.9. The maximum Gasteiger partial charge on any atom is 0.310 e. The predicted octanol–water partition coefficient (Wildman–Crippen LogP) is 4.70. The van der Waals surface area contributed by atoms with Crippen molar-refractivity contribution >= 4 is 22.6 Å². The molecule has 0 fully saturated rings. The van der Waals surface area contributed by atoms with E-state index < -0.39 is 0 Å². The van der Waals surface area contributed by atoms with Gasteiger partial charge >= 0.3 is 5.97 Å². The lowest BCUT2D eigenvalue weighted by Gasteiger charge is -2.09. The molecule has 8 nitrogen and oxygen atoms in total. The Morgan fingerprint density at radius 3 is 2.79 bits per heavy atom. The zero-order chi connectivity index (χ0) is 23.0. The molecule has 0 saturated heterocycles. The largest absolute Gasteiger partial charge is 0.466 e. The van der Waals surface area contributed by atoms with Crippen molar-refractivity contribution in [2.45, 2.75) is 46.0 Å². The molecule has 8 heteroatoms. The number of unbranched alkanes of at least 4 members (excludes halogenated alkanes) is 3. The maximum atomic E-state index is 11.8. The van der Waals surface area contributed by atoms with E-state index in [0.29, 0.717) is 18.2 Å². The Kier molecular flexibility index (Phi) is 7.34. The molecule has 0 radical (unpaired) electrons. The Balaban J connectivity index is 1.53. The number of hydrogen-bond acceptors (Lipinski definition) is 6. The second-order valence-corrected chi connectivity index (χ2v) is 7.96. The molecule has 0 atom stereocenters. The number of rotatable bonds is 11. The first-order valence-electron chi connectivity index (χ1n) is 11.5. The number of carbonyl (C=O) groups is 1. The van der Waals surface area contributed by atoms with E-state index in [9.17, 15) is 4.79 Å². The van der Waals surface area contributed by atoms with Crippen LogP contribution in [0.25, 0.3) is 22.5 Å². The number of benzene rings is 1.